The minimum absolute atomic E-state index is 0.0923. The van der Waals surface area contributed by atoms with Crippen molar-refractivity contribution in [2.45, 2.75) is 62.4 Å². The largest absolute Gasteiger partial charge is 0.479 e. The molecule has 1 aromatic rings. The van der Waals surface area contributed by atoms with E-state index >= 15 is 0 Å². The molecule has 180 valence electrons. The minimum atomic E-state index is -3.95. The third-order valence-electron chi connectivity index (χ3n) is 6.93. The summed E-state index contributed by atoms with van der Waals surface area (Å²) in [5, 5.41) is 2.74. The molecule has 0 radical (unpaired) electrons. The molecule has 4 aliphatic heterocycles. The van der Waals surface area contributed by atoms with E-state index in [9.17, 15) is 18.0 Å². The molecule has 1 aromatic carbocycles. The highest BCUT2D eigenvalue weighted by Crippen LogP contribution is 2.38. The molecule has 33 heavy (non-hydrogen) atoms. The van der Waals surface area contributed by atoms with Gasteiger partial charge in [-0.2, -0.15) is 4.31 Å². The summed E-state index contributed by atoms with van der Waals surface area (Å²) in [4.78, 5) is 27.1. The van der Waals surface area contributed by atoms with E-state index in [1.165, 1.54) is 10.4 Å². The molecule has 1 spiro atoms. The number of sulfonamides is 1. The van der Waals surface area contributed by atoms with Crippen molar-refractivity contribution in [3.8, 4) is 5.75 Å². The number of hydrogen-bond donors (Lipinski definition) is 1. The summed E-state index contributed by atoms with van der Waals surface area (Å²) in [6.45, 7) is 5.65. The number of ether oxygens (including phenoxy) is 3. The van der Waals surface area contributed by atoms with E-state index in [1.54, 1.807) is 24.8 Å². The number of amides is 2. The normalized spacial score (nSPS) is 27.3. The highest BCUT2D eigenvalue weighted by Gasteiger charge is 2.45. The fourth-order valence-corrected chi connectivity index (χ4v) is 6.96. The Kier molecular flexibility index (Phi) is 5.63. The molecule has 0 saturated carbocycles. The summed E-state index contributed by atoms with van der Waals surface area (Å²) in [7, 11) is -3.95. The van der Waals surface area contributed by atoms with Crippen molar-refractivity contribution in [3.05, 3.63) is 17.7 Å². The Morgan fingerprint density at radius 3 is 2.55 bits per heavy atom. The van der Waals surface area contributed by atoms with Crippen molar-refractivity contribution in [3.63, 3.8) is 0 Å². The van der Waals surface area contributed by atoms with Gasteiger partial charge in [-0.05, 0) is 38.3 Å². The second-order valence-electron chi connectivity index (χ2n) is 9.07. The van der Waals surface area contributed by atoms with Crippen LogP contribution < -0.4 is 10.1 Å². The number of aryl methyl sites for hydroxylation is 1. The Morgan fingerprint density at radius 2 is 1.85 bits per heavy atom. The second-order valence-corrected chi connectivity index (χ2v) is 10.9. The Balaban J connectivity index is 1.36. The number of benzene rings is 1. The predicted octanol–water partition coefficient (Wildman–Crippen LogP) is 1.23. The monoisotopic (exact) mass is 479 g/mol. The van der Waals surface area contributed by atoms with Crippen LogP contribution in [0.4, 0.5) is 5.69 Å². The zero-order valence-electron chi connectivity index (χ0n) is 18.8. The maximum Gasteiger partial charge on any atom is 0.265 e. The maximum absolute atomic E-state index is 13.7. The molecule has 2 amide bonds. The van der Waals surface area contributed by atoms with Gasteiger partial charge in [-0.25, -0.2) is 8.42 Å². The van der Waals surface area contributed by atoms with Crippen molar-refractivity contribution in [1.29, 1.82) is 0 Å². The number of nitrogens with one attached hydrogen (secondary N) is 1. The zero-order chi connectivity index (χ0) is 23.4. The Bertz CT molecular complexity index is 1070. The van der Waals surface area contributed by atoms with Crippen LogP contribution in [-0.2, 0) is 29.1 Å². The van der Waals surface area contributed by atoms with Crippen LogP contribution in [0, 0.1) is 6.92 Å². The number of carbonyl (C=O) groups is 2. The molecule has 4 heterocycles. The first-order valence-electron chi connectivity index (χ1n) is 11.4. The van der Waals surface area contributed by atoms with E-state index in [2.05, 4.69) is 5.32 Å². The van der Waals surface area contributed by atoms with Gasteiger partial charge in [0.05, 0.1) is 23.8 Å². The van der Waals surface area contributed by atoms with Gasteiger partial charge in [-0.1, -0.05) is 0 Å². The van der Waals surface area contributed by atoms with Crippen LogP contribution in [0.5, 0.6) is 5.75 Å². The molecule has 10 nitrogen and oxygen atoms in total. The number of likely N-dealkylation sites (tertiary alicyclic amines) is 1. The lowest BCUT2D eigenvalue weighted by atomic mass is 10.0. The number of hydrogen-bond acceptors (Lipinski definition) is 7. The van der Waals surface area contributed by atoms with Gasteiger partial charge in [0.25, 0.3) is 5.91 Å². The van der Waals surface area contributed by atoms with Crippen molar-refractivity contribution in [1.82, 2.24) is 9.21 Å². The molecule has 3 saturated heterocycles. The number of anilines is 1. The standard InChI is InChI=1S/C22H29N3O7S/c1-14-12-16-18(32-15(2)20(26)23-16)13-19(14)33(28,29)25-7-3-4-17(25)21(27)24-8-5-22(6-9-24)30-10-11-31-22/h12-13,15,17H,3-11H2,1-2H3,(H,23,26)/t15-,17-/m0/s1. The fourth-order valence-electron chi connectivity index (χ4n) is 5.09. The van der Waals surface area contributed by atoms with E-state index in [-0.39, 0.29) is 23.3 Å². The third-order valence-corrected chi connectivity index (χ3v) is 8.98. The molecule has 4 aliphatic rings. The summed E-state index contributed by atoms with van der Waals surface area (Å²) in [6, 6.07) is 2.32. The van der Waals surface area contributed by atoms with Crippen LogP contribution in [0.3, 0.4) is 0 Å². The minimum Gasteiger partial charge on any atom is -0.479 e. The molecule has 3 fully saturated rings. The van der Waals surface area contributed by atoms with Crippen LogP contribution in [0.25, 0.3) is 0 Å². The van der Waals surface area contributed by atoms with Crippen molar-refractivity contribution >= 4 is 27.5 Å². The van der Waals surface area contributed by atoms with Crippen LogP contribution >= 0.6 is 0 Å². The number of fused-ring (bicyclic) bond motifs is 1. The first kappa shape index (κ1) is 22.6. The molecule has 11 heteroatoms. The molecule has 0 aromatic heterocycles. The highest BCUT2D eigenvalue weighted by atomic mass is 32.2. The van der Waals surface area contributed by atoms with Gasteiger partial charge in [0, 0.05) is 38.5 Å². The number of piperidine rings is 1. The van der Waals surface area contributed by atoms with Gasteiger partial charge in [0.15, 0.2) is 11.9 Å². The lowest BCUT2D eigenvalue weighted by Gasteiger charge is -2.39. The number of rotatable bonds is 3. The summed E-state index contributed by atoms with van der Waals surface area (Å²) in [6.07, 6.45) is 1.56. The first-order valence-corrected chi connectivity index (χ1v) is 12.8. The van der Waals surface area contributed by atoms with E-state index in [4.69, 9.17) is 14.2 Å². The van der Waals surface area contributed by atoms with Gasteiger partial charge in [0.1, 0.15) is 11.8 Å². The molecule has 2 atom stereocenters. The fraction of sp³-hybridized carbons (Fsp3) is 0.636. The van der Waals surface area contributed by atoms with Crippen LogP contribution in [0.1, 0.15) is 38.2 Å². The van der Waals surface area contributed by atoms with Gasteiger partial charge < -0.3 is 24.4 Å². The third kappa shape index (κ3) is 3.90. The molecule has 1 N–H and O–H groups in total. The Morgan fingerprint density at radius 1 is 1.15 bits per heavy atom. The SMILES string of the molecule is Cc1cc2c(cc1S(=O)(=O)N1CCC[C@H]1C(=O)N1CCC3(CC1)OCCO3)O[C@@H](C)C(=O)N2. The lowest BCUT2D eigenvalue weighted by molar-refractivity contribution is -0.188. The van der Waals surface area contributed by atoms with E-state index in [0.29, 0.717) is 69.0 Å². The lowest BCUT2D eigenvalue weighted by Crippen LogP contribution is -2.53. The number of carbonyl (C=O) groups excluding carboxylic acids is 2. The second kappa shape index (κ2) is 8.23. The van der Waals surface area contributed by atoms with E-state index in [0.717, 1.165) is 0 Å². The molecular weight excluding hydrogens is 450 g/mol. The average Bonchev–Trinajstić information content (AvgIpc) is 3.45. The quantitative estimate of drug-likeness (QED) is 0.694. The Hall–Kier alpha value is -2.21. The molecule has 0 aliphatic carbocycles. The van der Waals surface area contributed by atoms with E-state index < -0.39 is 28.0 Å². The van der Waals surface area contributed by atoms with Gasteiger partial charge in [-0.15, -0.1) is 0 Å². The molecular formula is C22H29N3O7S. The highest BCUT2D eigenvalue weighted by molar-refractivity contribution is 7.89. The first-order chi connectivity index (χ1) is 15.7. The molecule has 0 bridgehead atoms. The summed E-state index contributed by atoms with van der Waals surface area (Å²) >= 11 is 0. The van der Waals surface area contributed by atoms with Gasteiger partial charge >= 0.3 is 0 Å². The summed E-state index contributed by atoms with van der Waals surface area (Å²) in [5.74, 6) is -0.729. The molecule has 5 rings (SSSR count). The average molecular weight is 480 g/mol. The van der Waals surface area contributed by atoms with Crippen LogP contribution in [-0.4, -0.2) is 80.2 Å². The Labute approximate surface area is 193 Å². The topological polar surface area (TPSA) is 114 Å². The van der Waals surface area contributed by atoms with Crippen molar-refractivity contribution in [2.24, 2.45) is 0 Å². The maximum atomic E-state index is 13.7. The van der Waals surface area contributed by atoms with Gasteiger partial charge in [-0.3, -0.25) is 9.59 Å². The van der Waals surface area contributed by atoms with E-state index in [1.807, 2.05) is 0 Å². The smallest absolute Gasteiger partial charge is 0.265 e. The predicted molar refractivity (Wildman–Crippen MR) is 117 cm³/mol. The zero-order valence-corrected chi connectivity index (χ0v) is 19.7. The number of nitrogens with zero attached hydrogens (tertiary/aromatic N) is 2. The molecule has 0 unspecified atom stereocenters. The van der Waals surface area contributed by atoms with Crippen LogP contribution in [0.15, 0.2) is 17.0 Å². The van der Waals surface area contributed by atoms with Crippen molar-refractivity contribution < 1.29 is 32.2 Å². The van der Waals surface area contributed by atoms with Crippen molar-refractivity contribution in [2.75, 3.05) is 38.2 Å². The van der Waals surface area contributed by atoms with Gasteiger partial charge in [0.2, 0.25) is 15.9 Å². The van der Waals surface area contributed by atoms with Crippen LogP contribution in [0.2, 0.25) is 0 Å². The summed E-state index contributed by atoms with van der Waals surface area (Å²) < 4.78 is 45.7. The summed E-state index contributed by atoms with van der Waals surface area (Å²) in [5.41, 5.74) is 0.933.